The number of hydrogen-bond acceptors (Lipinski definition) is 4. The summed E-state index contributed by atoms with van der Waals surface area (Å²) >= 11 is 1.82. The Balaban J connectivity index is 1.27. The number of thioether (sulfide) groups is 1. The highest BCUT2D eigenvalue weighted by Crippen LogP contribution is 2.40. The second kappa shape index (κ2) is 6.85. The number of benzene rings is 2. The van der Waals surface area contributed by atoms with Crippen LogP contribution in [0, 0.1) is 0 Å². The Morgan fingerprint density at radius 1 is 1.09 bits per heavy atom. The van der Waals surface area contributed by atoms with Gasteiger partial charge in [0.15, 0.2) is 0 Å². The summed E-state index contributed by atoms with van der Waals surface area (Å²) in [6.45, 7) is 2.34. The van der Waals surface area contributed by atoms with Crippen molar-refractivity contribution in [1.29, 1.82) is 0 Å². The third kappa shape index (κ3) is 3.33. The molecule has 4 heteroatoms. The van der Waals surface area contributed by atoms with E-state index in [1.807, 2.05) is 30.0 Å². The Morgan fingerprint density at radius 3 is 2.74 bits per heavy atom. The lowest BCUT2D eigenvalue weighted by molar-refractivity contribution is 0.286. The maximum atomic E-state index is 5.98. The summed E-state index contributed by atoms with van der Waals surface area (Å²) in [5, 5.41) is 3.62. The van der Waals surface area contributed by atoms with Gasteiger partial charge in [-0.1, -0.05) is 30.3 Å². The van der Waals surface area contributed by atoms with Crippen molar-refractivity contribution < 1.29 is 9.47 Å². The molecule has 0 atom stereocenters. The van der Waals surface area contributed by atoms with Crippen molar-refractivity contribution in [1.82, 2.24) is 5.32 Å². The van der Waals surface area contributed by atoms with Crippen molar-refractivity contribution in [3.8, 4) is 11.5 Å². The van der Waals surface area contributed by atoms with Crippen LogP contribution in [0.5, 0.6) is 11.5 Å². The summed E-state index contributed by atoms with van der Waals surface area (Å²) in [5.41, 5.74) is 2.97. The first-order chi connectivity index (χ1) is 11.4. The minimum Gasteiger partial charge on any atom is -0.491 e. The van der Waals surface area contributed by atoms with Gasteiger partial charge < -0.3 is 14.8 Å². The lowest BCUT2D eigenvalue weighted by Gasteiger charge is -2.20. The average Bonchev–Trinajstić information content (AvgIpc) is 3.01. The third-order valence-corrected chi connectivity index (χ3v) is 5.44. The molecular formula is C19H21NO2S. The zero-order valence-corrected chi connectivity index (χ0v) is 13.9. The highest BCUT2D eigenvalue weighted by Gasteiger charge is 2.20. The molecule has 0 radical (unpaired) electrons. The van der Waals surface area contributed by atoms with Gasteiger partial charge in [0.25, 0.3) is 0 Å². The molecule has 4 rings (SSSR count). The van der Waals surface area contributed by atoms with Gasteiger partial charge in [0.05, 0.1) is 11.5 Å². The van der Waals surface area contributed by atoms with Crippen LogP contribution in [0.1, 0.15) is 11.1 Å². The van der Waals surface area contributed by atoms with Crippen LogP contribution in [0.4, 0.5) is 0 Å². The van der Waals surface area contributed by atoms with Gasteiger partial charge in [-0.25, -0.2) is 0 Å². The monoisotopic (exact) mass is 327 g/mol. The molecule has 1 N–H and O–H groups in total. The number of nitrogens with one attached hydrogen (secondary N) is 1. The van der Waals surface area contributed by atoms with Crippen molar-refractivity contribution in [3.05, 3.63) is 53.6 Å². The van der Waals surface area contributed by atoms with Crippen molar-refractivity contribution in [2.75, 3.05) is 25.5 Å². The number of rotatable bonds is 5. The minimum atomic E-state index is 0.540. The summed E-state index contributed by atoms with van der Waals surface area (Å²) in [6, 6.07) is 15.3. The van der Waals surface area contributed by atoms with Crippen LogP contribution >= 0.6 is 11.8 Å². The molecule has 2 aromatic rings. The van der Waals surface area contributed by atoms with E-state index in [-0.39, 0.29) is 0 Å². The molecule has 0 bridgehead atoms. The normalized spacial score (nSPS) is 16.5. The molecule has 0 saturated heterocycles. The molecule has 120 valence electrons. The predicted octanol–water partition coefficient (Wildman–Crippen LogP) is 3.31. The Bertz CT molecular complexity index is 664. The molecule has 0 amide bonds. The lowest BCUT2D eigenvalue weighted by Crippen LogP contribution is -2.33. The number of fused-ring (bicyclic) bond motifs is 2. The molecule has 0 aromatic heterocycles. The Morgan fingerprint density at radius 2 is 1.91 bits per heavy atom. The Labute approximate surface area is 141 Å². The van der Waals surface area contributed by atoms with E-state index in [9.17, 15) is 0 Å². The predicted molar refractivity (Wildman–Crippen MR) is 93.8 cm³/mol. The van der Waals surface area contributed by atoms with Gasteiger partial charge in [-0.2, -0.15) is 0 Å². The first kappa shape index (κ1) is 14.9. The zero-order valence-electron chi connectivity index (χ0n) is 13.1. The molecule has 0 fully saturated rings. The quantitative estimate of drug-likeness (QED) is 0.854. The van der Waals surface area contributed by atoms with Crippen molar-refractivity contribution >= 4 is 11.8 Å². The van der Waals surface area contributed by atoms with Gasteiger partial charge in [0, 0.05) is 18.3 Å². The van der Waals surface area contributed by atoms with E-state index in [1.54, 1.807) is 0 Å². The van der Waals surface area contributed by atoms with Crippen molar-refractivity contribution in [2.24, 2.45) is 0 Å². The van der Waals surface area contributed by atoms with Crippen molar-refractivity contribution in [3.63, 3.8) is 0 Å². The first-order valence-electron chi connectivity index (χ1n) is 8.22. The van der Waals surface area contributed by atoms with Crippen LogP contribution in [-0.2, 0) is 12.8 Å². The average molecular weight is 327 g/mol. The highest BCUT2D eigenvalue weighted by molar-refractivity contribution is 7.99. The van der Waals surface area contributed by atoms with E-state index in [1.165, 1.54) is 11.1 Å². The standard InChI is InChI=1S/C19H21NO2S/c1-2-5-15-13-16(12-14(15)4-1)20-8-9-21-17-6-3-7-18-19(17)23-11-10-22-18/h1-7,16,20H,8-13H2. The molecule has 1 aliphatic heterocycles. The van der Waals surface area contributed by atoms with Crippen LogP contribution in [0.3, 0.4) is 0 Å². The highest BCUT2D eigenvalue weighted by atomic mass is 32.2. The molecule has 0 unspecified atom stereocenters. The van der Waals surface area contributed by atoms with Crippen LogP contribution in [0.25, 0.3) is 0 Å². The van der Waals surface area contributed by atoms with Gasteiger partial charge in [-0.05, 0) is 36.1 Å². The molecular weight excluding hydrogens is 306 g/mol. The molecule has 3 nitrogen and oxygen atoms in total. The second-order valence-electron chi connectivity index (χ2n) is 5.96. The minimum absolute atomic E-state index is 0.540. The zero-order chi connectivity index (χ0) is 15.5. The Hall–Kier alpha value is -1.65. The van der Waals surface area contributed by atoms with Gasteiger partial charge in [-0.15, -0.1) is 11.8 Å². The van der Waals surface area contributed by atoms with Gasteiger partial charge in [-0.3, -0.25) is 0 Å². The van der Waals surface area contributed by atoms with Gasteiger partial charge >= 0.3 is 0 Å². The second-order valence-corrected chi connectivity index (χ2v) is 7.06. The first-order valence-corrected chi connectivity index (χ1v) is 9.20. The fraction of sp³-hybridized carbons (Fsp3) is 0.368. The summed E-state index contributed by atoms with van der Waals surface area (Å²) in [5.74, 6) is 2.90. The Kier molecular flexibility index (Phi) is 4.44. The molecule has 2 aromatic carbocycles. The maximum Gasteiger partial charge on any atom is 0.136 e. The van der Waals surface area contributed by atoms with E-state index >= 15 is 0 Å². The van der Waals surface area contributed by atoms with Gasteiger partial charge in [0.2, 0.25) is 0 Å². The van der Waals surface area contributed by atoms with Crippen LogP contribution < -0.4 is 14.8 Å². The van der Waals surface area contributed by atoms with Crippen LogP contribution in [0.15, 0.2) is 47.4 Å². The topological polar surface area (TPSA) is 30.5 Å². The maximum absolute atomic E-state index is 5.98. The molecule has 0 saturated carbocycles. The van der Waals surface area contributed by atoms with E-state index in [4.69, 9.17) is 9.47 Å². The third-order valence-electron chi connectivity index (χ3n) is 4.37. The molecule has 1 aliphatic carbocycles. The lowest BCUT2D eigenvalue weighted by atomic mass is 10.1. The summed E-state index contributed by atoms with van der Waals surface area (Å²) in [7, 11) is 0. The largest absolute Gasteiger partial charge is 0.491 e. The molecule has 23 heavy (non-hydrogen) atoms. The van der Waals surface area contributed by atoms with Crippen LogP contribution in [-0.4, -0.2) is 31.6 Å². The van der Waals surface area contributed by atoms with Gasteiger partial charge in [0.1, 0.15) is 18.1 Å². The fourth-order valence-electron chi connectivity index (χ4n) is 3.29. The van der Waals surface area contributed by atoms with E-state index < -0.39 is 0 Å². The number of hydrogen-bond donors (Lipinski definition) is 1. The molecule has 2 aliphatic rings. The number of ether oxygens (including phenoxy) is 2. The van der Waals surface area contributed by atoms with Crippen molar-refractivity contribution in [2.45, 2.75) is 23.8 Å². The fourth-order valence-corrected chi connectivity index (χ4v) is 4.20. The molecule has 0 spiro atoms. The van der Waals surface area contributed by atoms with Crippen LogP contribution in [0.2, 0.25) is 0 Å². The summed E-state index contributed by atoms with van der Waals surface area (Å²) < 4.78 is 11.6. The smallest absolute Gasteiger partial charge is 0.136 e. The van der Waals surface area contributed by atoms with E-state index in [2.05, 4.69) is 29.6 Å². The molecule has 1 heterocycles. The summed E-state index contributed by atoms with van der Waals surface area (Å²) in [4.78, 5) is 1.15. The summed E-state index contributed by atoms with van der Waals surface area (Å²) in [6.07, 6.45) is 2.25. The van der Waals surface area contributed by atoms with E-state index in [0.29, 0.717) is 12.6 Å². The van der Waals surface area contributed by atoms with E-state index in [0.717, 1.165) is 48.1 Å². The SMILES string of the molecule is c1ccc2c(c1)CC(NCCOc1cccc3c1SCCO3)C2.